The monoisotopic (exact) mass is 296 g/mol. The molecule has 4 nitrogen and oxygen atoms in total. The van der Waals surface area contributed by atoms with E-state index < -0.39 is 0 Å². The summed E-state index contributed by atoms with van der Waals surface area (Å²) in [5, 5.41) is 14.7. The number of hydrogen-bond acceptors (Lipinski definition) is 5. The van der Waals surface area contributed by atoms with E-state index in [1.165, 1.54) is 0 Å². The van der Waals surface area contributed by atoms with Crippen molar-refractivity contribution in [1.29, 1.82) is 0 Å². The molecule has 0 aliphatic rings. The van der Waals surface area contributed by atoms with E-state index in [0.717, 1.165) is 40.7 Å². The molecule has 0 saturated heterocycles. The van der Waals surface area contributed by atoms with Crippen LogP contribution in [0.1, 0.15) is 17.6 Å². The van der Waals surface area contributed by atoms with Crippen LogP contribution >= 0.6 is 11.3 Å². The third-order valence-electron chi connectivity index (χ3n) is 3.03. The first-order valence-corrected chi connectivity index (χ1v) is 7.79. The molecule has 0 amide bonds. The fraction of sp³-hybridized carbons (Fsp3) is 0.188. The van der Waals surface area contributed by atoms with Crippen LogP contribution in [-0.4, -0.2) is 21.7 Å². The molecule has 0 aliphatic heterocycles. The Morgan fingerprint density at radius 3 is 2.62 bits per heavy atom. The average molecular weight is 296 g/mol. The topological polar surface area (TPSA) is 50.7 Å². The van der Waals surface area contributed by atoms with Crippen LogP contribution in [0, 0.1) is 0 Å². The van der Waals surface area contributed by atoms with Gasteiger partial charge in [-0.1, -0.05) is 30.3 Å². The number of hydrogen-bond donors (Lipinski definition) is 1. The largest absolute Gasteiger partial charge is 0.369 e. The number of thiazole rings is 1. The molecule has 1 aromatic carbocycles. The van der Waals surface area contributed by atoms with Gasteiger partial charge in [-0.2, -0.15) is 5.10 Å². The molecule has 106 valence electrons. The van der Waals surface area contributed by atoms with Gasteiger partial charge in [-0.05, 0) is 19.1 Å². The van der Waals surface area contributed by atoms with E-state index in [9.17, 15) is 0 Å². The maximum absolute atomic E-state index is 4.67. The standard InChI is InChI=1S/C16H16N4S/c1-2-17-15-9-8-13(19-20-15)10-16-18-14(11-21-16)12-6-4-3-5-7-12/h3-9,11H,2,10H2,1H3,(H,17,20). The molecule has 1 N–H and O–H groups in total. The van der Waals surface area contributed by atoms with E-state index in [1.54, 1.807) is 11.3 Å². The van der Waals surface area contributed by atoms with Crippen LogP contribution in [0.2, 0.25) is 0 Å². The molecule has 0 saturated carbocycles. The number of nitrogens with one attached hydrogen (secondary N) is 1. The van der Waals surface area contributed by atoms with Crippen LogP contribution < -0.4 is 5.32 Å². The molecule has 3 aromatic rings. The summed E-state index contributed by atoms with van der Waals surface area (Å²) >= 11 is 1.66. The Morgan fingerprint density at radius 2 is 1.90 bits per heavy atom. The van der Waals surface area contributed by atoms with Gasteiger partial charge >= 0.3 is 0 Å². The fourth-order valence-corrected chi connectivity index (χ4v) is 2.84. The van der Waals surface area contributed by atoms with Crippen LogP contribution in [0.4, 0.5) is 5.82 Å². The number of benzene rings is 1. The Hall–Kier alpha value is -2.27. The van der Waals surface area contributed by atoms with Gasteiger partial charge < -0.3 is 5.32 Å². The van der Waals surface area contributed by atoms with Crippen molar-refractivity contribution in [2.24, 2.45) is 0 Å². The van der Waals surface area contributed by atoms with Crippen LogP contribution in [-0.2, 0) is 6.42 Å². The average Bonchev–Trinajstić information content (AvgIpc) is 2.99. The van der Waals surface area contributed by atoms with Crippen molar-refractivity contribution >= 4 is 17.2 Å². The predicted octanol–water partition coefficient (Wildman–Crippen LogP) is 3.62. The first kappa shape index (κ1) is 13.7. The van der Waals surface area contributed by atoms with Crippen LogP contribution in [0.3, 0.4) is 0 Å². The van der Waals surface area contributed by atoms with Gasteiger partial charge in [0.25, 0.3) is 0 Å². The molecular formula is C16H16N4S. The van der Waals surface area contributed by atoms with E-state index >= 15 is 0 Å². The van der Waals surface area contributed by atoms with Crippen molar-refractivity contribution < 1.29 is 0 Å². The van der Waals surface area contributed by atoms with Gasteiger partial charge in [-0.15, -0.1) is 16.4 Å². The van der Waals surface area contributed by atoms with Gasteiger partial charge in [-0.3, -0.25) is 0 Å². The van der Waals surface area contributed by atoms with Gasteiger partial charge in [0.2, 0.25) is 0 Å². The number of rotatable bonds is 5. The summed E-state index contributed by atoms with van der Waals surface area (Å²) < 4.78 is 0. The third kappa shape index (κ3) is 3.44. The number of aromatic nitrogens is 3. The minimum absolute atomic E-state index is 0.719. The molecule has 0 fully saturated rings. The van der Waals surface area contributed by atoms with Crippen molar-refractivity contribution in [1.82, 2.24) is 15.2 Å². The van der Waals surface area contributed by atoms with E-state index in [4.69, 9.17) is 0 Å². The Bertz CT molecular complexity index is 692. The second-order valence-electron chi connectivity index (χ2n) is 4.61. The van der Waals surface area contributed by atoms with Gasteiger partial charge in [0, 0.05) is 23.9 Å². The zero-order chi connectivity index (χ0) is 14.5. The van der Waals surface area contributed by atoms with Crippen LogP contribution in [0.15, 0.2) is 47.8 Å². The van der Waals surface area contributed by atoms with Gasteiger partial charge in [0.15, 0.2) is 0 Å². The first-order chi connectivity index (χ1) is 10.3. The van der Waals surface area contributed by atoms with Gasteiger partial charge in [0.05, 0.1) is 16.4 Å². The van der Waals surface area contributed by atoms with E-state index in [-0.39, 0.29) is 0 Å². The Kier molecular flexibility index (Phi) is 4.21. The summed E-state index contributed by atoms with van der Waals surface area (Å²) in [6.07, 6.45) is 0.719. The highest BCUT2D eigenvalue weighted by Crippen LogP contribution is 2.22. The molecule has 2 aromatic heterocycles. The molecule has 0 bridgehead atoms. The lowest BCUT2D eigenvalue weighted by atomic mass is 10.2. The first-order valence-electron chi connectivity index (χ1n) is 6.91. The zero-order valence-electron chi connectivity index (χ0n) is 11.8. The highest BCUT2D eigenvalue weighted by atomic mass is 32.1. The molecule has 0 radical (unpaired) electrons. The molecule has 0 aliphatic carbocycles. The molecule has 5 heteroatoms. The summed E-state index contributed by atoms with van der Waals surface area (Å²) in [5.74, 6) is 0.811. The zero-order valence-corrected chi connectivity index (χ0v) is 12.6. The maximum atomic E-state index is 4.67. The second kappa shape index (κ2) is 6.45. The van der Waals surface area contributed by atoms with E-state index in [1.807, 2.05) is 37.3 Å². The molecule has 0 atom stereocenters. The van der Waals surface area contributed by atoms with Crippen LogP contribution in [0.5, 0.6) is 0 Å². The predicted molar refractivity (Wildman–Crippen MR) is 86.6 cm³/mol. The lowest BCUT2D eigenvalue weighted by molar-refractivity contribution is 0.927. The smallest absolute Gasteiger partial charge is 0.148 e. The summed E-state index contributed by atoms with van der Waals surface area (Å²) in [6, 6.07) is 14.2. The summed E-state index contributed by atoms with van der Waals surface area (Å²) in [6.45, 7) is 2.89. The van der Waals surface area contributed by atoms with Crippen molar-refractivity contribution in [2.45, 2.75) is 13.3 Å². The molecule has 21 heavy (non-hydrogen) atoms. The quantitative estimate of drug-likeness (QED) is 0.781. The molecule has 0 spiro atoms. The van der Waals surface area contributed by atoms with Crippen molar-refractivity contribution in [3.05, 3.63) is 58.5 Å². The summed E-state index contributed by atoms with van der Waals surface area (Å²) in [5.41, 5.74) is 3.10. The SMILES string of the molecule is CCNc1ccc(Cc2nc(-c3ccccc3)cs2)nn1. The maximum Gasteiger partial charge on any atom is 0.148 e. The van der Waals surface area contributed by atoms with Gasteiger partial charge in [0.1, 0.15) is 5.82 Å². The minimum atomic E-state index is 0.719. The Morgan fingerprint density at radius 1 is 1.05 bits per heavy atom. The normalized spacial score (nSPS) is 10.5. The van der Waals surface area contributed by atoms with Crippen molar-refractivity contribution in [3.63, 3.8) is 0 Å². The Labute approximate surface area is 127 Å². The van der Waals surface area contributed by atoms with Crippen LogP contribution in [0.25, 0.3) is 11.3 Å². The lowest BCUT2D eigenvalue weighted by Gasteiger charge is -2.01. The lowest BCUT2D eigenvalue weighted by Crippen LogP contribution is -2.02. The minimum Gasteiger partial charge on any atom is -0.369 e. The summed E-state index contributed by atoms with van der Waals surface area (Å²) in [4.78, 5) is 4.67. The van der Waals surface area contributed by atoms with E-state index in [2.05, 4.69) is 38.0 Å². The molecule has 3 rings (SSSR count). The van der Waals surface area contributed by atoms with Crippen molar-refractivity contribution in [2.75, 3.05) is 11.9 Å². The fourth-order valence-electron chi connectivity index (χ4n) is 2.02. The van der Waals surface area contributed by atoms with Gasteiger partial charge in [-0.25, -0.2) is 4.98 Å². The highest BCUT2D eigenvalue weighted by molar-refractivity contribution is 7.10. The number of anilines is 1. The highest BCUT2D eigenvalue weighted by Gasteiger charge is 2.06. The molecular weight excluding hydrogens is 280 g/mol. The Balaban J connectivity index is 1.72. The number of nitrogens with zero attached hydrogens (tertiary/aromatic N) is 3. The third-order valence-corrected chi connectivity index (χ3v) is 3.88. The molecule has 0 unspecified atom stereocenters. The van der Waals surface area contributed by atoms with E-state index in [0.29, 0.717) is 0 Å². The molecule has 2 heterocycles. The second-order valence-corrected chi connectivity index (χ2v) is 5.55. The summed E-state index contributed by atoms with van der Waals surface area (Å²) in [7, 11) is 0. The van der Waals surface area contributed by atoms with Crippen molar-refractivity contribution in [3.8, 4) is 11.3 Å².